The van der Waals surface area contributed by atoms with E-state index in [1.54, 1.807) is 25.1 Å². The van der Waals surface area contributed by atoms with E-state index in [2.05, 4.69) is 10.1 Å². The fourth-order valence-electron chi connectivity index (χ4n) is 2.57. The highest BCUT2D eigenvalue weighted by Crippen LogP contribution is 2.39. The van der Waals surface area contributed by atoms with E-state index in [0.717, 1.165) is 0 Å². The zero-order valence-electron chi connectivity index (χ0n) is 12.6. The molecule has 8 heteroatoms. The number of amides is 1. The van der Waals surface area contributed by atoms with Gasteiger partial charge in [0.1, 0.15) is 12.1 Å². The Kier molecular flexibility index (Phi) is 3.83. The van der Waals surface area contributed by atoms with Gasteiger partial charge in [-0.05, 0) is 24.6 Å². The fourth-order valence-corrected chi connectivity index (χ4v) is 2.57. The van der Waals surface area contributed by atoms with Crippen molar-refractivity contribution in [3.63, 3.8) is 0 Å². The molecule has 2 N–H and O–H groups in total. The van der Waals surface area contributed by atoms with Crippen LogP contribution in [0.5, 0.6) is 11.5 Å². The van der Waals surface area contributed by atoms with Crippen molar-refractivity contribution in [1.29, 1.82) is 0 Å². The van der Waals surface area contributed by atoms with Crippen LogP contribution in [-0.2, 0) is 14.3 Å². The van der Waals surface area contributed by atoms with E-state index in [0.29, 0.717) is 27.8 Å². The van der Waals surface area contributed by atoms with Gasteiger partial charge in [-0.2, -0.15) is 0 Å². The average molecular weight is 320 g/mol. The molecule has 0 bridgehead atoms. The number of methoxy groups -OCH3 is 1. The molecule has 1 amide bonds. The van der Waals surface area contributed by atoms with E-state index >= 15 is 0 Å². The molecular formula is C15H16N2O6. The van der Waals surface area contributed by atoms with Crippen molar-refractivity contribution in [1.82, 2.24) is 10.4 Å². The van der Waals surface area contributed by atoms with Crippen LogP contribution in [0.25, 0.3) is 0 Å². The number of esters is 1. The normalized spacial score (nSPS) is 22.7. The summed E-state index contributed by atoms with van der Waals surface area (Å²) < 4.78 is 15.1. The molecule has 1 fully saturated rings. The molecule has 2 unspecified atom stereocenters. The third kappa shape index (κ3) is 2.68. The summed E-state index contributed by atoms with van der Waals surface area (Å²) in [6.07, 6.45) is 1.24. The number of hydroxylamine groups is 2. The van der Waals surface area contributed by atoms with E-state index < -0.39 is 24.0 Å². The van der Waals surface area contributed by atoms with Gasteiger partial charge in [-0.3, -0.25) is 10.0 Å². The molecule has 2 heterocycles. The maximum atomic E-state index is 11.9. The van der Waals surface area contributed by atoms with Gasteiger partial charge in [-0.1, -0.05) is 6.07 Å². The molecule has 8 nitrogen and oxygen atoms in total. The van der Waals surface area contributed by atoms with Crippen LogP contribution in [0.1, 0.15) is 18.5 Å². The Hall–Kier alpha value is -2.74. The van der Waals surface area contributed by atoms with E-state index in [1.807, 2.05) is 0 Å². The molecule has 2 aliphatic rings. The van der Waals surface area contributed by atoms with Crippen LogP contribution in [0.15, 0.2) is 30.0 Å². The molecule has 3 rings (SSSR count). The zero-order chi connectivity index (χ0) is 16.6. The van der Waals surface area contributed by atoms with Crippen molar-refractivity contribution in [3.05, 3.63) is 35.5 Å². The second kappa shape index (κ2) is 5.81. The Morgan fingerprint density at radius 1 is 1.43 bits per heavy atom. The number of hydrogen-bond acceptors (Lipinski definition) is 7. The molecule has 0 aromatic heterocycles. The topological polar surface area (TPSA) is 97.3 Å². The lowest BCUT2D eigenvalue weighted by Crippen LogP contribution is -2.62. The molecule has 0 aliphatic carbocycles. The standard InChI is InChI=1S/C15H16N2O6/c1-8(5-12(18)21-2)16-13-14(17(20)15(13)19)9-3-4-10-11(6-9)23-7-22-10/h3-6,13-14,16,20H,7H2,1-2H3/b8-5-. The first-order valence-corrected chi connectivity index (χ1v) is 6.95. The van der Waals surface area contributed by atoms with Gasteiger partial charge in [-0.25, -0.2) is 9.86 Å². The number of fused-ring (bicyclic) bond motifs is 1. The van der Waals surface area contributed by atoms with E-state index in [4.69, 9.17) is 9.47 Å². The molecule has 0 spiro atoms. The maximum Gasteiger partial charge on any atom is 0.332 e. The number of rotatable bonds is 4. The van der Waals surface area contributed by atoms with Crippen LogP contribution < -0.4 is 14.8 Å². The summed E-state index contributed by atoms with van der Waals surface area (Å²) >= 11 is 0. The molecule has 122 valence electrons. The predicted octanol–water partition coefficient (Wildman–Crippen LogP) is 0.723. The number of benzene rings is 1. The highest BCUT2D eigenvalue weighted by atomic mass is 16.7. The number of ether oxygens (including phenoxy) is 3. The molecule has 2 atom stereocenters. The molecule has 1 aromatic carbocycles. The number of nitrogens with one attached hydrogen (secondary N) is 1. The molecular weight excluding hydrogens is 304 g/mol. The number of allylic oxidation sites excluding steroid dienone is 1. The number of nitrogens with zero attached hydrogens (tertiary/aromatic N) is 1. The summed E-state index contributed by atoms with van der Waals surface area (Å²) in [6, 6.07) is 3.93. The fraction of sp³-hybridized carbons (Fsp3) is 0.333. The quantitative estimate of drug-likeness (QED) is 0.365. The van der Waals surface area contributed by atoms with Gasteiger partial charge in [0.25, 0.3) is 5.91 Å². The summed E-state index contributed by atoms with van der Waals surface area (Å²) in [5.41, 5.74) is 1.16. The Bertz CT molecular complexity index is 687. The molecule has 0 radical (unpaired) electrons. The maximum absolute atomic E-state index is 11.9. The van der Waals surface area contributed by atoms with E-state index in [1.165, 1.54) is 13.2 Å². The van der Waals surface area contributed by atoms with Gasteiger partial charge < -0.3 is 19.5 Å². The summed E-state index contributed by atoms with van der Waals surface area (Å²) in [5, 5.41) is 13.4. The van der Waals surface area contributed by atoms with Crippen LogP contribution >= 0.6 is 0 Å². The highest BCUT2D eigenvalue weighted by Gasteiger charge is 2.48. The minimum atomic E-state index is -0.679. The first-order valence-electron chi connectivity index (χ1n) is 6.95. The van der Waals surface area contributed by atoms with Crippen LogP contribution in [0, 0.1) is 0 Å². The van der Waals surface area contributed by atoms with Gasteiger partial charge in [0.15, 0.2) is 11.5 Å². The third-order valence-electron chi connectivity index (χ3n) is 3.73. The lowest BCUT2D eigenvalue weighted by Gasteiger charge is -2.43. The third-order valence-corrected chi connectivity index (χ3v) is 3.73. The zero-order valence-corrected chi connectivity index (χ0v) is 12.6. The Balaban J connectivity index is 1.79. The largest absolute Gasteiger partial charge is 0.466 e. The number of hydrogen-bond donors (Lipinski definition) is 2. The van der Waals surface area contributed by atoms with Crippen LogP contribution in [0.3, 0.4) is 0 Å². The second-order valence-electron chi connectivity index (χ2n) is 5.21. The van der Waals surface area contributed by atoms with Gasteiger partial charge in [-0.15, -0.1) is 0 Å². The summed E-state index contributed by atoms with van der Waals surface area (Å²) in [7, 11) is 1.27. The monoisotopic (exact) mass is 320 g/mol. The smallest absolute Gasteiger partial charge is 0.332 e. The van der Waals surface area contributed by atoms with Crippen molar-refractivity contribution >= 4 is 11.9 Å². The Labute approximate surface area is 132 Å². The SMILES string of the molecule is COC(=O)/C=C(/C)NC1C(=O)N(O)C1c1ccc2c(c1)OCO2. The van der Waals surface area contributed by atoms with Gasteiger partial charge >= 0.3 is 5.97 Å². The molecule has 1 aromatic rings. The number of carbonyl (C=O) groups is 2. The van der Waals surface area contributed by atoms with Crippen molar-refractivity contribution in [2.75, 3.05) is 13.9 Å². The van der Waals surface area contributed by atoms with Gasteiger partial charge in [0.2, 0.25) is 6.79 Å². The van der Waals surface area contributed by atoms with Crippen LogP contribution in [0.4, 0.5) is 0 Å². The minimum absolute atomic E-state index is 0.147. The highest BCUT2D eigenvalue weighted by molar-refractivity contribution is 5.89. The van der Waals surface area contributed by atoms with Crippen LogP contribution in [-0.4, -0.2) is 42.1 Å². The first kappa shape index (κ1) is 15.2. The van der Waals surface area contributed by atoms with Crippen molar-refractivity contribution in [2.45, 2.75) is 19.0 Å². The summed E-state index contributed by atoms with van der Waals surface area (Å²) in [5.74, 6) is 0.179. The second-order valence-corrected chi connectivity index (χ2v) is 5.21. The average Bonchev–Trinajstić information content (AvgIpc) is 3.01. The van der Waals surface area contributed by atoms with Crippen molar-refractivity contribution in [3.8, 4) is 11.5 Å². The molecule has 1 saturated heterocycles. The van der Waals surface area contributed by atoms with E-state index in [9.17, 15) is 14.8 Å². The molecule has 0 saturated carbocycles. The Morgan fingerprint density at radius 2 is 2.17 bits per heavy atom. The summed E-state index contributed by atoms with van der Waals surface area (Å²) in [6.45, 7) is 1.79. The minimum Gasteiger partial charge on any atom is -0.466 e. The van der Waals surface area contributed by atoms with Crippen molar-refractivity contribution in [2.24, 2.45) is 0 Å². The van der Waals surface area contributed by atoms with Gasteiger partial charge in [0, 0.05) is 11.8 Å². The molecule has 2 aliphatic heterocycles. The van der Waals surface area contributed by atoms with Crippen molar-refractivity contribution < 1.29 is 29.0 Å². The number of β-lactam (4-membered cyclic amide) rings is 1. The molecule has 23 heavy (non-hydrogen) atoms. The lowest BCUT2D eigenvalue weighted by molar-refractivity contribution is -0.211. The van der Waals surface area contributed by atoms with E-state index in [-0.39, 0.29) is 6.79 Å². The summed E-state index contributed by atoms with van der Waals surface area (Å²) in [4.78, 5) is 23.1. The van der Waals surface area contributed by atoms with Gasteiger partial charge in [0.05, 0.1) is 7.11 Å². The number of carbonyl (C=O) groups excluding carboxylic acids is 2. The predicted molar refractivity (Wildman–Crippen MR) is 76.6 cm³/mol. The first-order chi connectivity index (χ1) is 11.0. The Morgan fingerprint density at radius 3 is 2.91 bits per heavy atom. The lowest BCUT2D eigenvalue weighted by atomic mass is 9.90. The van der Waals surface area contributed by atoms with Crippen LogP contribution in [0.2, 0.25) is 0 Å².